The molecule has 0 heterocycles. The molecule has 0 radical (unpaired) electrons. The highest BCUT2D eigenvalue weighted by Crippen LogP contribution is 2.15. The molecule has 188 valence electrons. The maximum Gasteiger partial charge on any atom is 0.223 e. The van der Waals surface area contributed by atoms with Gasteiger partial charge < -0.3 is 14.7 Å². The molecule has 2 aromatic carbocycles. The van der Waals surface area contributed by atoms with E-state index < -0.39 is 0 Å². The summed E-state index contributed by atoms with van der Waals surface area (Å²) in [6.45, 7) is 19.6. The number of benzene rings is 2. The number of carbonyl (C=O) groups is 1. The van der Waals surface area contributed by atoms with Gasteiger partial charge in [-0.25, -0.2) is 4.99 Å². The van der Waals surface area contributed by atoms with Crippen molar-refractivity contribution in [2.75, 3.05) is 7.11 Å². The number of ether oxygens (including phenoxy) is 1. The zero-order valence-electron chi connectivity index (χ0n) is 22.1. The third kappa shape index (κ3) is 14.4. The van der Waals surface area contributed by atoms with Gasteiger partial charge in [-0.05, 0) is 66.9 Å². The van der Waals surface area contributed by atoms with E-state index in [0.29, 0.717) is 17.0 Å². The quantitative estimate of drug-likeness (QED) is 0.245. The van der Waals surface area contributed by atoms with E-state index in [1.54, 1.807) is 18.7 Å². The Balaban J connectivity index is 0. The first-order valence-electron chi connectivity index (χ1n) is 11.2. The lowest BCUT2D eigenvalue weighted by Crippen LogP contribution is -2.26. The fraction of sp³-hybridized carbons (Fsp3) is 0.357. The third-order valence-corrected chi connectivity index (χ3v) is 4.56. The number of aliphatic hydroxyl groups excluding tert-OH is 1. The summed E-state index contributed by atoms with van der Waals surface area (Å²) in [5, 5.41) is 7.00. The molecule has 2 aromatic rings. The average Bonchev–Trinajstić information content (AvgIpc) is 2.82. The van der Waals surface area contributed by atoms with Gasteiger partial charge in [0.05, 0.1) is 6.54 Å². The van der Waals surface area contributed by atoms with Gasteiger partial charge in [0.1, 0.15) is 10.4 Å². The average molecular weight is 534 g/mol. The van der Waals surface area contributed by atoms with Crippen molar-refractivity contribution in [2.24, 2.45) is 4.99 Å². The molecule has 0 aliphatic rings. The summed E-state index contributed by atoms with van der Waals surface area (Å²) in [5.41, 5.74) is 4.61. The molecule has 0 bridgehead atoms. The standard InChI is InChI=1S/C14H19NO.C11H12BrNO.C2H6.CH4O/c1-5-12(3)15(13(4)16)10-14-9-7-6-8-11(14)2;1-8-4-6-11(7-5-8)14-10(3)13-9(2)12;2*1-2/h5-9H,10H2,1-4H3;4-7H,2H2,1,3H3;1-2H3;2H,1H3/b12-5+;13-10+;;. The molecule has 5 nitrogen and oxygen atoms in total. The van der Waals surface area contributed by atoms with Crippen LogP contribution in [0.5, 0.6) is 5.75 Å². The lowest BCUT2D eigenvalue weighted by molar-refractivity contribution is -0.127. The second-order valence-electron chi connectivity index (χ2n) is 6.88. The monoisotopic (exact) mass is 532 g/mol. The number of hydrogen-bond donors (Lipinski definition) is 1. The fourth-order valence-electron chi connectivity index (χ4n) is 2.57. The lowest BCUT2D eigenvalue weighted by atomic mass is 10.1. The molecule has 0 saturated carbocycles. The number of nitrogens with zero attached hydrogens (tertiary/aromatic N) is 2. The van der Waals surface area contributed by atoms with Gasteiger partial charge in [-0.3, -0.25) is 4.79 Å². The van der Waals surface area contributed by atoms with E-state index in [9.17, 15) is 4.79 Å². The normalized spacial score (nSPS) is 10.3. The van der Waals surface area contributed by atoms with Gasteiger partial charge in [-0.15, -0.1) is 0 Å². The van der Waals surface area contributed by atoms with Crippen LogP contribution in [0, 0.1) is 13.8 Å². The van der Waals surface area contributed by atoms with Gasteiger partial charge >= 0.3 is 0 Å². The number of allylic oxidation sites excluding steroid dienone is 2. The Morgan fingerprint density at radius 2 is 1.59 bits per heavy atom. The number of amides is 1. The van der Waals surface area contributed by atoms with E-state index in [1.807, 2.05) is 77.1 Å². The number of rotatable bonds is 5. The Morgan fingerprint density at radius 3 is 2.03 bits per heavy atom. The minimum atomic E-state index is 0.0823. The van der Waals surface area contributed by atoms with Crippen molar-refractivity contribution >= 4 is 27.7 Å². The van der Waals surface area contributed by atoms with Gasteiger partial charge in [-0.1, -0.05) is 68.5 Å². The molecule has 34 heavy (non-hydrogen) atoms. The van der Waals surface area contributed by atoms with Crippen LogP contribution < -0.4 is 4.74 Å². The first-order chi connectivity index (χ1) is 16.1. The summed E-state index contributed by atoms with van der Waals surface area (Å²) in [4.78, 5) is 17.4. The third-order valence-electron chi connectivity index (χ3n) is 4.38. The summed E-state index contributed by atoms with van der Waals surface area (Å²) in [6.07, 6.45) is 1.96. The van der Waals surface area contributed by atoms with Crippen molar-refractivity contribution < 1.29 is 14.6 Å². The maximum atomic E-state index is 11.5. The lowest BCUT2D eigenvalue weighted by Gasteiger charge is -2.22. The van der Waals surface area contributed by atoms with Crippen molar-refractivity contribution in [1.29, 1.82) is 0 Å². The Hall–Kier alpha value is -2.70. The van der Waals surface area contributed by atoms with Crippen LogP contribution in [0.2, 0.25) is 0 Å². The number of halogens is 1. The number of carbonyl (C=O) groups excluding carboxylic acids is 1. The molecule has 0 aromatic heterocycles. The van der Waals surface area contributed by atoms with Crippen LogP contribution in [0.15, 0.2) is 76.5 Å². The van der Waals surface area contributed by atoms with Crippen LogP contribution >= 0.6 is 15.9 Å². The molecule has 0 aliphatic carbocycles. The van der Waals surface area contributed by atoms with E-state index in [2.05, 4.69) is 46.6 Å². The highest BCUT2D eigenvalue weighted by Gasteiger charge is 2.11. The molecule has 0 atom stereocenters. The van der Waals surface area contributed by atoms with E-state index in [4.69, 9.17) is 9.84 Å². The maximum absolute atomic E-state index is 11.5. The molecule has 1 amide bonds. The van der Waals surface area contributed by atoms with E-state index in [0.717, 1.165) is 18.6 Å². The Kier molecular flexibility index (Phi) is 19.4. The second kappa shape index (κ2) is 19.7. The number of aliphatic hydroxyl groups is 1. The SMILES string of the molecule is C/C=C(\C)N(Cc1ccccc1C)C(C)=O.C=C(Br)/N=C(\C)Oc1ccc(C)cc1.CC.CO. The van der Waals surface area contributed by atoms with Crippen molar-refractivity contribution in [3.8, 4) is 5.75 Å². The Labute approximate surface area is 215 Å². The van der Waals surface area contributed by atoms with E-state index in [-0.39, 0.29) is 5.91 Å². The zero-order chi connectivity index (χ0) is 26.7. The Morgan fingerprint density at radius 1 is 1.06 bits per heavy atom. The predicted molar refractivity (Wildman–Crippen MR) is 149 cm³/mol. The molecule has 1 N–H and O–H groups in total. The van der Waals surface area contributed by atoms with E-state index in [1.165, 1.54) is 16.7 Å². The molecular formula is C28H41BrN2O3. The van der Waals surface area contributed by atoms with E-state index >= 15 is 0 Å². The first kappa shape index (κ1) is 33.5. The smallest absolute Gasteiger partial charge is 0.223 e. The first-order valence-corrected chi connectivity index (χ1v) is 12.0. The van der Waals surface area contributed by atoms with Crippen LogP contribution in [0.25, 0.3) is 0 Å². The van der Waals surface area contributed by atoms with Crippen molar-refractivity contribution in [3.63, 3.8) is 0 Å². The molecule has 0 spiro atoms. The molecule has 0 fully saturated rings. The van der Waals surface area contributed by atoms with Crippen LogP contribution in [0.1, 0.15) is 58.2 Å². The van der Waals surface area contributed by atoms with Gasteiger partial charge in [0, 0.05) is 26.7 Å². The van der Waals surface area contributed by atoms with Crippen LogP contribution in [0.3, 0.4) is 0 Å². The Bertz CT molecular complexity index is 920. The van der Waals surface area contributed by atoms with Crippen LogP contribution in [0.4, 0.5) is 0 Å². The molecule has 0 unspecified atom stereocenters. The molecule has 0 aliphatic heterocycles. The predicted octanol–water partition coefficient (Wildman–Crippen LogP) is 7.56. The summed E-state index contributed by atoms with van der Waals surface area (Å²) in [6, 6.07) is 16.0. The van der Waals surface area contributed by atoms with Gasteiger partial charge in [0.2, 0.25) is 5.91 Å². The second-order valence-corrected chi connectivity index (χ2v) is 7.80. The summed E-state index contributed by atoms with van der Waals surface area (Å²) < 4.78 is 6.00. The molecule has 2 rings (SSSR count). The summed E-state index contributed by atoms with van der Waals surface area (Å²) in [5.74, 6) is 1.43. The summed E-state index contributed by atoms with van der Waals surface area (Å²) in [7, 11) is 1.00. The van der Waals surface area contributed by atoms with Gasteiger partial charge in [0.25, 0.3) is 0 Å². The fourth-order valence-corrected chi connectivity index (χ4v) is 2.82. The highest BCUT2D eigenvalue weighted by atomic mass is 79.9. The largest absolute Gasteiger partial charge is 0.443 e. The highest BCUT2D eigenvalue weighted by molar-refractivity contribution is 9.11. The van der Waals surface area contributed by atoms with Crippen molar-refractivity contribution in [3.05, 3.63) is 88.2 Å². The minimum Gasteiger partial charge on any atom is -0.443 e. The van der Waals surface area contributed by atoms with Gasteiger partial charge in [-0.2, -0.15) is 0 Å². The number of aliphatic imine (C=N–C) groups is 1. The van der Waals surface area contributed by atoms with Gasteiger partial charge in [0.15, 0.2) is 5.90 Å². The summed E-state index contributed by atoms with van der Waals surface area (Å²) >= 11 is 3.14. The molecule has 6 heteroatoms. The minimum absolute atomic E-state index is 0.0823. The van der Waals surface area contributed by atoms with Crippen LogP contribution in [-0.2, 0) is 11.3 Å². The topological polar surface area (TPSA) is 62.1 Å². The van der Waals surface area contributed by atoms with Crippen molar-refractivity contribution in [1.82, 2.24) is 4.90 Å². The number of aryl methyl sites for hydroxylation is 2. The van der Waals surface area contributed by atoms with Crippen molar-refractivity contribution in [2.45, 2.75) is 61.9 Å². The number of hydrogen-bond acceptors (Lipinski definition) is 4. The molecule has 0 saturated heterocycles. The zero-order valence-corrected chi connectivity index (χ0v) is 23.7. The van der Waals surface area contributed by atoms with Crippen LogP contribution in [-0.4, -0.2) is 28.9 Å². The molecular weight excluding hydrogens is 492 g/mol.